The second-order valence-electron chi connectivity index (χ2n) is 3.77. The van der Waals surface area contributed by atoms with Crippen LogP contribution in [0.2, 0.25) is 0 Å². The summed E-state index contributed by atoms with van der Waals surface area (Å²) in [6.07, 6.45) is 0.407. The van der Waals surface area contributed by atoms with E-state index in [-0.39, 0.29) is 5.75 Å². The van der Waals surface area contributed by atoms with Crippen LogP contribution in [-0.2, 0) is 19.1 Å². The number of carbonyl (C=O) groups is 3. The quantitative estimate of drug-likeness (QED) is 0.372. The van der Waals surface area contributed by atoms with E-state index >= 15 is 0 Å². The molecule has 0 rings (SSSR count). The smallest absolute Gasteiger partial charge is 0.322 e. The fraction of sp³-hybridized carbons (Fsp3) is 0.727. The van der Waals surface area contributed by atoms with Gasteiger partial charge in [-0.3, -0.25) is 14.9 Å². The molecule has 0 bridgehead atoms. The van der Waals surface area contributed by atoms with Crippen molar-refractivity contribution in [3.63, 3.8) is 0 Å². The van der Waals surface area contributed by atoms with Crippen LogP contribution in [0.5, 0.6) is 0 Å². The zero-order valence-corrected chi connectivity index (χ0v) is 12.5. The number of imide groups is 1. The second-order valence-corrected chi connectivity index (χ2v) is 4.87. The SMILES string of the molecule is COCCNC(=O)NC(=O)CSCCC(N)C(=O)OC. The number of nitrogens with one attached hydrogen (secondary N) is 2. The number of rotatable bonds is 9. The highest BCUT2D eigenvalue weighted by Gasteiger charge is 2.13. The van der Waals surface area contributed by atoms with Crippen LogP contribution in [0.25, 0.3) is 0 Å². The molecule has 0 radical (unpaired) electrons. The van der Waals surface area contributed by atoms with Gasteiger partial charge in [-0.05, 0) is 12.2 Å². The van der Waals surface area contributed by atoms with Crippen molar-refractivity contribution in [2.45, 2.75) is 12.5 Å². The second kappa shape index (κ2) is 11.5. The topological polar surface area (TPSA) is 120 Å². The number of hydrogen-bond donors (Lipinski definition) is 3. The first-order valence-electron chi connectivity index (χ1n) is 5.99. The summed E-state index contributed by atoms with van der Waals surface area (Å²) >= 11 is 1.28. The monoisotopic (exact) mass is 307 g/mol. The standard InChI is InChI=1S/C11H21N3O5S/c1-18-5-4-13-11(17)14-9(15)7-20-6-3-8(12)10(16)19-2/h8H,3-7,12H2,1-2H3,(H2,13,14,15,17). The van der Waals surface area contributed by atoms with Crippen molar-refractivity contribution in [1.82, 2.24) is 10.6 Å². The van der Waals surface area contributed by atoms with Crippen LogP contribution in [0.3, 0.4) is 0 Å². The molecule has 1 atom stereocenters. The number of methoxy groups -OCH3 is 2. The molecule has 0 aromatic rings. The molecular weight excluding hydrogens is 286 g/mol. The summed E-state index contributed by atoms with van der Waals surface area (Å²) in [5.74, 6) is -0.246. The van der Waals surface area contributed by atoms with Crippen molar-refractivity contribution in [2.24, 2.45) is 5.73 Å². The predicted octanol–water partition coefficient (Wildman–Crippen LogP) is -0.918. The average Bonchev–Trinajstić information content (AvgIpc) is 2.42. The molecule has 4 N–H and O–H groups in total. The molecule has 0 heterocycles. The maximum Gasteiger partial charge on any atom is 0.322 e. The summed E-state index contributed by atoms with van der Waals surface area (Å²) in [6, 6.07) is -1.24. The Kier molecular flexibility index (Phi) is 10.7. The average molecular weight is 307 g/mol. The molecule has 0 aromatic carbocycles. The fourth-order valence-electron chi connectivity index (χ4n) is 1.12. The van der Waals surface area contributed by atoms with Crippen molar-refractivity contribution >= 4 is 29.7 Å². The van der Waals surface area contributed by atoms with Crippen molar-refractivity contribution < 1.29 is 23.9 Å². The van der Waals surface area contributed by atoms with Crippen LogP contribution in [0.1, 0.15) is 6.42 Å². The third-order valence-corrected chi connectivity index (χ3v) is 3.15. The lowest BCUT2D eigenvalue weighted by Crippen LogP contribution is -2.41. The predicted molar refractivity (Wildman–Crippen MR) is 75.4 cm³/mol. The first-order chi connectivity index (χ1) is 9.51. The summed E-state index contributed by atoms with van der Waals surface area (Å²) < 4.78 is 9.22. The molecule has 8 nitrogen and oxygen atoms in total. The Morgan fingerprint density at radius 2 is 2.00 bits per heavy atom. The van der Waals surface area contributed by atoms with E-state index in [1.165, 1.54) is 26.0 Å². The van der Waals surface area contributed by atoms with Crippen LogP contribution in [0.15, 0.2) is 0 Å². The first kappa shape index (κ1) is 18.7. The molecule has 9 heteroatoms. The normalized spacial score (nSPS) is 11.6. The van der Waals surface area contributed by atoms with Crippen molar-refractivity contribution in [1.29, 1.82) is 0 Å². The van der Waals surface area contributed by atoms with E-state index in [9.17, 15) is 14.4 Å². The molecule has 0 saturated heterocycles. The summed E-state index contributed by atoms with van der Waals surface area (Å²) in [5.41, 5.74) is 5.53. The molecule has 20 heavy (non-hydrogen) atoms. The Labute approximate surface area is 122 Å². The van der Waals surface area contributed by atoms with Crippen LogP contribution < -0.4 is 16.4 Å². The Morgan fingerprint density at radius 1 is 1.30 bits per heavy atom. The molecule has 116 valence electrons. The summed E-state index contributed by atoms with van der Waals surface area (Å²) in [6.45, 7) is 0.707. The Bertz CT molecular complexity index is 327. The third-order valence-electron chi connectivity index (χ3n) is 2.15. The lowest BCUT2D eigenvalue weighted by molar-refractivity contribution is -0.142. The van der Waals surface area contributed by atoms with Crippen LogP contribution >= 0.6 is 11.8 Å². The number of esters is 1. The lowest BCUT2D eigenvalue weighted by Gasteiger charge is -2.08. The van der Waals surface area contributed by atoms with Gasteiger partial charge in [0.1, 0.15) is 6.04 Å². The molecule has 0 aliphatic carbocycles. The van der Waals surface area contributed by atoms with Gasteiger partial charge >= 0.3 is 12.0 Å². The number of thioether (sulfide) groups is 1. The van der Waals surface area contributed by atoms with E-state index in [0.717, 1.165) is 0 Å². The van der Waals surface area contributed by atoms with Crippen molar-refractivity contribution in [3.8, 4) is 0 Å². The molecule has 0 aliphatic heterocycles. The number of hydrogen-bond acceptors (Lipinski definition) is 7. The summed E-state index contributed by atoms with van der Waals surface area (Å²) in [4.78, 5) is 33.6. The molecule has 0 aliphatic rings. The number of ether oxygens (including phenoxy) is 2. The van der Waals surface area contributed by atoms with Gasteiger partial charge in [0.25, 0.3) is 0 Å². The minimum absolute atomic E-state index is 0.117. The van der Waals surface area contributed by atoms with Crippen LogP contribution in [0, 0.1) is 0 Å². The summed E-state index contributed by atoms with van der Waals surface area (Å²) in [7, 11) is 2.78. The van der Waals surface area contributed by atoms with Crippen LogP contribution in [0.4, 0.5) is 4.79 Å². The molecular formula is C11H21N3O5S. The van der Waals surface area contributed by atoms with Gasteiger partial charge in [-0.1, -0.05) is 0 Å². The molecule has 0 saturated carbocycles. The van der Waals surface area contributed by atoms with Crippen LogP contribution in [-0.4, -0.2) is 62.8 Å². The van der Waals surface area contributed by atoms with Gasteiger partial charge < -0.3 is 20.5 Å². The van der Waals surface area contributed by atoms with E-state index in [0.29, 0.717) is 25.3 Å². The van der Waals surface area contributed by atoms with E-state index in [4.69, 9.17) is 10.5 Å². The van der Waals surface area contributed by atoms with Gasteiger partial charge in [0, 0.05) is 13.7 Å². The largest absolute Gasteiger partial charge is 0.468 e. The summed E-state index contributed by atoms with van der Waals surface area (Å²) in [5, 5.41) is 4.63. The van der Waals surface area contributed by atoms with Gasteiger partial charge in [-0.25, -0.2) is 4.79 Å². The van der Waals surface area contributed by atoms with E-state index in [1.807, 2.05) is 0 Å². The highest BCUT2D eigenvalue weighted by Crippen LogP contribution is 2.04. The fourth-order valence-corrected chi connectivity index (χ4v) is 1.94. The Morgan fingerprint density at radius 3 is 2.60 bits per heavy atom. The lowest BCUT2D eigenvalue weighted by atomic mass is 10.2. The van der Waals surface area contributed by atoms with E-state index in [2.05, 4.69) is 15.4 Å². The maximum atomic E-state index is 11.4. The molecule has 0 spiro atoms. The number of nitrogens with two attached hydrogens (primary N) is 1. The zero-order chi connectivity index (χ0) is 15.4. The molecule has 0 aromatic heterocycles. The van der Waals surface area contributed by atoms with Gasteiger partial charge in [0.05, 0.1) is 19.5 Å². The number of carbonyl (C=O) groups excluding carboxylic acids is 3. The molecule has 3 amide bonds. The zero-order valence-electron chi connectivity index (χ0n) is 11.6. The first-order valence-corrected chi connectivity index (χ1v) is 7.14. The van der Waals surface area contributed by atoms with Gasteiger partial charge in [-0.15, -0.1) is 0 Å². The van der Waals surface area contributed by atoms with Gasteiger partial charge in [0.15, 0.2) is 0 Å². The van der Waals surface area contributed by atoms with Crippen molar-refractivity contribution in [3.05, 3.63) is 0 Å². The highest BCUT2D eigenvalue weighted by atomic mass is 32.2. The number of amides is 3. The van der Waals surface area contributed by atoms with Gasteiger partial charge in [0.2, 0.25) is 5.91 Å². The molecule has 1 unspecified atom stereocenters. The maximum absolute atomic E-state index is 11.4. The number of urea groups is 1. The van der Waals surface area contributed by atoms with Gasteiger partial charge in [-0.2, -0.15) is 11.8 Å². The minimum atomic E-state index is -0.687. The minimum Gasteiger partial charge on any atom is -0.468 e. The third kappa shape index (κ3) is 9.59. The van der Waals surface area contributed by atoms with Crippen molar-refractivity contribution in [2.75, 3.05) is 38.9 Å². The molecule has 0 fully saturated rings. The highest BCUT2D eigenvalue weighted by molar-refractivity contribution is 7.99. The Hall–Kier alpha value is -1.32. The van der Waals surface area contributed by atoms with E-state index in [1.54, 1.807) is 0 Å². The Balaban J connectivity index is 3.63. The van der Waals surface area contributed by atoms with E-state index < -0.39 is 23.9 Å².